The summed E-state index contributed by atoms with van der Waals surface area (Å²) in [5.41, 5.74) is 1.97. The number of hydrogen-bond acceptors (Lipinski definition) is 3. The van der Waals surface area contributed by atoms with Crippen molar-refractivity contribution in [1.82, 2.24) is 0 Å². The molecule has 136 valence electrons. The number of benzene rings is 3. The average molecular weight is 461 g/mol. The summed E-state index contributed by atoms with van der Waals surface area (Å²) in [6, 6.07) is 22.9. The third-order valence-corrected chi connectivity index (χ3v) is 6.18. The molecule has 1 aliphatic heterocycles. The molecule has 6 heteroatoms. The van der Waals surface area contributed by atoms with Gasteiger partial charge in [-0.25, -0.2) is 0 Å². The van der Waals surface area contributed by atoms with Crippen LogP contribution in [0.5, 0.6) is 11.5 Å². The summed E-state index contributed by atoms with van der Waals surface area (Å²) < 4.78 is 6.85. The van der Waals surface area contributed by atoms with Gasteiger partial charge in [0.2, 0.25) is 5.91 Å². The van der Waals surface area contributed by atoms with Crippen molar-refractivity contribution in [3.8, 4) is 11.5 Å². The molecular weight excluding hydrogens is 446 g/mol. The maximum atomic E-state index is 12.5. The molecule has 1 saturated heterocycles. The fraction of sp³-hybridized carbons (Fsp3) is 0.0952. The Hall–Kier alpha value is -1.95. The summed E-state index contributed by atoms with van der Waals surface area (Å²) in [6.45, 7) is 0. The molecule has 3 nitrogen and oxygen atoms in total. The van der Waals surface area contributed by atoms with Gasteiger partial charge in [-0.1, -0.05) is 39.7 Å². The lowest BCUT2D eigenvalue weighted by atomic mass is 10.2. The minimum Gasteiger partial charge on any atom is -0.457 e. The van der Waals surface area contributed by atoms with Crippen molar-refractivity contribution in [2.45, 2.75) is 5.37 Å². The van der Waals surface area contributed by atoms with Crippen LogP contribution in [0.2, 0.25) is 5.02 Å². The maximum Gasteiger partial charge on any atom is 0.238 e. The summed E-state index contributed by atoms with van der Waals surface area (Å²) >= 11 is 11.0. The van der Waals surface area contributed by atoms with E-state index in [-0.39, 0.29) is 11.3 Å². The molecule has 0 radical (unpaired) electrons. The van der Waals surface area contributed by atoms with Crippen molar-refractivity contribution >= 4 is 50.9 Å². The topological polar surface area (TPSA) is 29.5 Å². The van der Waals surface area contributed by atoms with Gasteiger partial charge in [-0.15, -0.1) is 11.8 Å². The van der Waals surface area contributed by atoms with Crippen molar-refractivity contribution < 1.29 is 9.53 Å². The Balaban J connectivity index is 1.55. The Morgan fingerprint density at radius 3 is 2.15 bits per heavy atom. The van der Waals surface area contributed by atoms with Crippen LogP contribution in [0.3, 0.4) is 0 Å². The molecule has 0 aliphatic carbocycles. The van der Waals surface area contributed by atoms with Crippen LogP contribution in [0.25, 0.3) is 0 Å². The second-order valence-electron chi connectivity index (χ2n) is 6.03. The van der Waals surface area contributed by atoms with Gasteiger partial charge in [0.1, 0.15) is 16.9 Å². The molecule has 3 aromatic rings. The number of carbonyl (C=O) groups excluding carboxylic acids is 1. The molecule has 1 unspecified atom stereocenters. The molecule has 1 heterocycles. The van der Waals surface area contributed by atoms with Gasteiger partial charge in [0, 0.05) is 15.2 Å². The summed E-state index contributed by atoms with van der Waals surface area (Å²) in [5, 5.41) is 0.648. The molecule has 0 aromatic heterocycles. The van der Waals surface area contributed by atoms with Gasteiger partial charge >= 0.3 is 0 Å². The van der Waals surface area contributed by atoms with Gasteiger partial charge in [0.15, 0.2) is 0 Å². The van der Waals surface area contributed by atoms with Crippen LogP contribution in [0, 0.1) is 0 Å². The summed E-state index contributed by atoms with van der Waals surface area (Å²) in [5.74, 6) is 2.01. The molecule has 27 heavy (non-hydrogen) atoms. The number of amides is 1. The smallest absolute Gasteiger partial charge is 0.238 e. The number of hydrogen-bond donors (Lipinski definition) is 0. The van der Waals surface area contributed by atoms with E-state index in [2.05, 4.69) is 15.9 Å². The van der Waals surface area contributed by atoms with E-state index in [9.17, 15) is 4.79 Å². The zero-order chi connectivity index (χ0) is 18.8. The number of nitrogens with zero attached hydrogens (tertiary/aromatic N) is 1. The van der Waals surface area contributed by atoms with Crippen LogP contribution < -0.4 is 9.64 Å². The van der Waals surface area contributed by atoms with Crippen molar-refractivity contribution in [3.05, 3.63) is 87.9 Å². The van der Waals surface area contributed by atoms with E-state index in [0.717, 1.165) is 15.7 Å². The average Bonchev–Trinajstić information content (AvgIpc) is 3.06. The first-order chi connectivity index (χ1) is 13.1. The van der Waals surface area contributed by atoms with Gasteiger partial charge in [-0.05, 0) is 66.2 Å². The second-order valence-corrected chi connectivity index (χ2v) is 8.45. The Morgan fingerprint density at radius 2 is 1.52 bits per heavy atom. The van der Waals surface area contributed by atoms with Gasteiger partial charge in [0.25, 0.3) is 0 Å². The zero-order valence-corrected chi connectivity index (χ0v) is 17.3. The van der Waals surface area contributed by atoms with E-state index >= 15 is 0 Å². The van der Waals surface area contributed by atoms with Crippen LogP contribution in [-0.4, -0.2) is 11.7 Å². The predicted molar refractivity (Wildman–Crippen MR) is 115 cm³/mol. The van der Waals surface area contributed by atoms with Gasteiger partial charge < -0.3 is 4.74 Å². The number of carbonyl (C=O) groups is 1. The first-order valence-corrected chi connectivity index (χ1v) is 10.5. The highest BCUT2D eigenvalue weighted by Crippen LogP contribution is 2.42. The first kappa shape index (κ1) is 18.4. The van der Waals surface area contributed by atoms with Crippen LogP contribution in [0.15, 0.2) is 77.3 Å². The second kappa shape index (κ2) is 7.97. The Labute approximate surface area is 175 Å². The minimum atomic E-state index is -0.0198. The standard InChI is InChI=1S/C21H15BrClNO2S/c22-15-3-1-14(2-4-15)21-24(20(25)13-27-21)17-7-11-19(12-8-17)26-18-9-5-16(23)6-10-18/h1-12,21H,13H2. The molecule has 4 rings (SSSR count). The molecule has 0 spiro atoms. The van der Waals surface area contributed by atoms with Crippen LogP contribution >= 0.6 is 39.3 Å². The SMILES string of the molecule is O=C1CSC(c2ccc(Br)cc2)N1c1ccc(Oc2ccc(Cl)cc2)cc1. The number of ether oxygens (including phenoxy) is 1. The van der Waals surface area contributed by atoms with E-state index in [1.54, 1.807) is 23.9 Å². The molecule has 1 aliphatic rings. The van der Waals surface area contributed by atoms with E-state index in [1.165, 1.54) is 0 Å². The Kier molecular flexibility index (Phi) is 5.43. The third-order valence-electron chi connectivity index (χ3n) is 4.19. The predicted octanol–water partition coefficient (Wildman–Crippen LogP) is 6.67. The third kappa shape index (κ3) is 4.15. The summed E-state index contributed by atoms with van der Waals surface area (Å²) in [4.78, 5) is 14.3. The van der Waals surface area contributed by atoms with Crippen LogP contribution in [0.4, 0.5) is 5.69 Å². The molecule has 3 aromatic carbocycles. The minimum absolute atomic E-state index is 0.0198. The maximum absolute atomic E-state index is 12.5. The molecule has 1 atom stereocenters. The zero-order valence-electron chi connectivity index (χ0n) is 14.1. The van der Waals surface area contributed by atoms with Crippen molar-refractivity contribution in [1.29, 1.82) is 0 Å². The van der Waals surface area contributed by atoms with Crippen molar-refractivity contribution in [2.24, 2.45) is 0 Å². The van der Waals surface area contributed by atoms with Gasteiger partial charge in [-0.3, -0.25) is 9.69 Å². The lowest BCUT2D eigenvalue weighted by Gasteiger charge is -2.24. The van der Waals surface area contributed by atoms with Crippen molar-refractivity contribution in [2.75, 3.05) is 10.7 Å². The molecule has 1 fully saturated rings. The highest BCUT2D eigenvalue weighted by atomic mass is 79.9. The Bertz CT molecular complexity index is 945. The lowest BCUT2D eigenvalue weighted by molar-refractivity contribution is -0.115. The number of rotatable bonds is 4. The lowest BCUT2D eigenvalue weighted by Crippen LogP contribution is -2.27. The Morgan fingerprint density at radius 1 is 0.926 bits per heavy atom. The highest BCUT2D eigenvalue weighted by molar-refractivity contribution is 9.10. The monoisotopic (exact) mass is 459 g/mol. The largest absolute Gasteiger partial charge is 0.457 e. The van der Waals surface area contributed by atoms with E-state index in [4.69, 9.17) is 16.3 Å². The number of thioether (sulfide) groups is 1. The number of anilines is 1. The fourth-order valence-electron chi connectivity index (χ4n) is 2.89. The number of halogens is 2. The van der Waals surface area contributed by atoms with Gasteiger partial charge in [-0.2, -0.15) is 0 Å². The first-order valence-electron chi connectivity index (χ1n) is 8.33. The van der Waals surface area contributed by atoms with Gasteiger partial charge in [0.05, 0.1) is 5.75 Å². The van der Waals surface area contributed by atoms with Crippen LogP contribution in [0.1, 0.15) is 10.9 Å². The molecule has 1 amide bonds. The fourth-order valence-corrected chi connectivity index (χ4v) is 4.46. The quantitative estimate of drug-likeness (QED) is 0.435. The molecule has 0 saturated carbocycles. The van der Waals surface area contributed by atoms with Crippen molar-refractivity contribution in [3.63, 3.8) is 0 Å². The normalized spacial score (nSPS) is 16.6. The molecule has 0 N–H and O–H groups in total. The van der Waals surface area contributed by atoms with E-state index < -0.39 is 0 Å². The highest BCUT2D eigenvalue weighted by Gasteiger charge is 2.33. The van der Waals surface area contributed by atoms with Crippen LogP contribution in [-0.2, 0) is 4.79 Å². The summed E-state index contributed by atoms with van der Waals surface area (Å²) in [6.07, 6.45) is 0. The van der Waals surface area contributed by atoms with E-state index in [0.29, 0.717) is 22.3 Å². The molecular formula is C21H15BrClNO2S. The summed E-state index contributed by atoms with van der Waals surface area (Å²) in [7, 11) is 0. The van der Waals surface area contributed by atoms with E-state index in [1.807, 2.05) is 65.6 Å². The molecule has 0 bridgehead atoms.